The van der Waals surface area contributed by atoms with E-state index in [-0.39, 0.29) is 22.9 Å². The summed E-state index contributed by atoms with van der Waals surface area (Å²) in [4.78, 5) is 35.2. The van der Waals surface area contributed by atoms with E-state index in [1.165, 1.54) is 31.2 Å². The number of nitrogens with one attached hydrogen (secondary N) is 1. The van der Waals surface area contributed by atoms with Crippen LogP contribution in [0.15, 0.2) is 36.5 Å². The van der Waals surface area contributed by atoms with Crippen molar-refractivity contribution in [1.82, 2.24) is 4.98 Å². The predicted octanol–water partition coefficient (Wildman–Crippen LogP) is 2.34. The van der Waals surface area contributed by atoms with E-state index in [9.17, 15) is 19.7 Å². The molecule has 0 aliphatic heterocycles. The number of aromatic amines is 1. The number of H-pyrrole nitrogens is 1. The Morgan fingerprint density at radius 1 is 1.25 bits per heavy atom. The van der Waals surface area contributed by atoms with Crippen molar-refractivity contribution in [2.75, 3.05) is 0 Å². The van der Waals surface area contributed by atoms with E-state index in [1.54, 1.807) is 0 Å². The third-order valence-corrected chi connectivity index (χ3v) is 2.57. The molecule has 1 aromatic carbocycles. The molecule has 2 aromatic rings. The molecule has 0 aliphatic carbocycles. The normalized spacial score (nSPS) is 10.1. The maximum atomic E-state index is 11.7. The third kappa shape index (κ3) is 2.89. The van der Waals surface area contributed by atoms with Gasteiger partial charge < -0.3 is 9.72 Å². The standard InChI is InChI=1S/C13H10N2O5/c1-8(16)9-2-4-11(5-3-9)20-13(17)12-6-10(7-14-12)15(18)19/h2-7,14H,1H3. The Hall–Kier alpha value is -2.96. The zero-order valence-corrected chi connectivity index (χ0v) is 10.5. The number of benzene rings is 1. The lowest BCUT2D eigenvalue weighted by molar-refractivity contribution is -0.384. The van der Waals surface area contributed by atoms with Gasteiger partial charge in [-0.05, 0) is 31.2 Å². The number of aromatic nitrogens is 1. The number of rotatable bonds is 4. The zero-order valence-electron chi connectivity index (χ0n) is 10.5. The Kier molecular flexibility index (Phi) is 3.60. The minimum atomic E-state index is -0.742. The number of hydrogen-bond donors (Lipinski definition) is 1. The van der Waals surface area contributed by atoms with Gasteiger partial charge in [0, 0.05) is 11.6 Å². The molecular weight excluding hydrogens is 264 g/mol. The summed E-state index contributed by atoms with van der Waals surface area (Å²) in [5.41, 5.74) is 0.261. The Labute approximate surface area is 113 Å². The maximum Gasteiger partial charge on any atom is 0.360 e. The van der Waals surface area contributed by atoms with Crippen LogP contribution in [0.1, 0.15) is 27.8 Å². The Morgan fingerprint density at radius 3 is 2.40 bits per heavy atom. The molecule has 1 aromatic heterocycles. The predicted molar refractivity (Wildman–Crippen MR) is 68.9 cm³/mol. The van der Waals surface area contributed by atoms with E-state index < -0.39 is 10.9 Å². The first kappa shape index (κ1) is 13.5. The molecule has 7 heteroatoms. The topological polar surface area (TPSA) is 102 Å². The van der Waals surface area contributed by atoms with Gasteiger partial charge in [0.05, 0.1) is 11.1 Å². The molecule has 0 bridgehead atoms. The highest BCUT2D eigenvalue weighted by Crippen LogP contribution is 2.17. The molecule has 0 fully saturated rings. The first-order valence-electron chi connectivity index (χ1n) is 5.63. The number of esters is 1. The molecule has 1 N–H and O–H groups in total. The van der Waals surface area contributed by atoms with E-state index in [1.807, 2.05) is 0 Å². The molecule has 0 aliphatic rings. The Balaban J connectivity index is 2.10. The number of ketones is 1. The average molecular weight is 274 g/mol. The quantitative estimate of drug-likeness (QED) is 0.303. The lowest BCUT2D eigenvalue weighted by atomic mass is 10.1. The van der Waals surface area contributed by atoms with Gasteiger partial charge in [0.1, 0.15) is 11.4 Å². The van der Waals surface area contributed by atoms with Gasteiger partial charge in [0.2, 0.25) is 0 Å². The molecule has 0 unspecified atom stereocenters. The Morgan fingerprint density at radius 2 is 1.90 bits per heavy atom. The smallest absolute Gasteiger partial charge is 0.360 e. The summed E-state index contributed by atoms with van der Waals surface area (Å²) in [5.74, 6) is -0.589. The summed E-state index contributed by atoms with van der Waals surface area (Å²) in [6.45, 7) is 1.43. The van der Waals surface area contributed by atoms with Crippen molar-refractivity contribution in [2.45, 2.75) is 6.92 Å². The van der Waals surface area contributed by atoms with Gasteiger partial charge in [0.25, 0.3) is 5.69 Å². The van der Waals surface area contributed by atoms with Crippen LogP contribution in [0.4, 0.5) is 5.69 Å². The lowest BCUT2D eigenvalue weighted by Gasteiger charge is -2.03. The lowest BCUT2D eigenvalue weighted by Crippen LogP contribution is -2.08. The van der Waals surface area contributed by atoms with Crippen LogP contribution < -0.4 is 4.74 Å². The van der Waals surface area contributed by atoms with E-state index >= 15 is 0 Å². The average Bonchev–Trinajstić information content (AvgIpc) is 2.89. The summed E-state index contributed by atoms with van der Waals surface area (Å²) in [6.07, 6.45) is 1.11. The molecule has 2 rings (SSSR count). The van der Waals surface area contributed by atoms with Gasteiger partial charge in [-0.15, -0.1) is 0 Å². The van der Waals surface area contributed by atoms with Gasteiger partial charge in [-0.3, -0.25) is 14.9 Å². The number of nitrogens with zero attached hydrogens (tertiary/aromatic N) is 1. The molecule has 20 heavy (non-hydrogen) atoms. The van der Waals surface area contributed by atoms with Crippen LogP contribution in [-0.4, -0.2) is 21.7 Å². The zero-order chi connectivity index (χ0) is 14.7. The minimum absolute atomic E-state index is 0.0210. The van der Waals surface area contributed by atoms with Crippen molar-refractivity contribution in [3.63, 3.8) is 0 Å². The summed E-state index contributed by atoms with van der Waals surface area (Å²) >= 11 is 0. The van der Waals surface area contributed by atoms with Crippen LogP contribution in [0.25, 0.3) is 0 Å². The largest absolute Gasteiger partial charge is 0.422 e. The third-order valence-electron chi connectivity index (χ3n) is 2.57. The second-order valence-corrected chi connectivity index (χ2v) is 4.00. The van der Waals surface area contributed by atoms with Crippen molar-refractivity contribution < 1.29 is 19.2 Å². The molecule has 0 radical (unpaired) electrons. The second-order valence-electron chi connectivity index (χ2n) is 4.00. The highest BCUT2D eigenvalue weighted by Gasteiger charge is 2.16. The van der Waals surface area contributed by atoms with E-state index in [0.717, 1.165) is 12.3 Å². The fraction of sp³-hybridized carbons (Fsp3) is 0.0769. The number of carbonyl (C=O) groups is 2. The first-order chi connectivity index (χ1) is 9.47. The van der Waals surface area contributed by atoms with Crippen molar-refractivity contribution in [3.05, 3.63) is 57.9 Å². The number of nitro groups is 1. The molecular formula is C13H10N2O5. The summed E-state index contributed by atoms with van der Waals surface area (Å²) in [6, 6.07) is 7.11. The second kappa shape index (κ2) is 5.35. The molecule has 102 valence electrons. The summed E-state index contributed by atoms with van der Waals surface area (Å²) in [7, 11) is 0. The van der Waals surface area contributed by atoms with Crippen LogP contribution in [0.5, 0.6) is 5.75 Å². The SMILES string of the molecule is CC(=O)c1ccc(OC(=O)c2cc([N+](=O)[O-])c[nH]2)cc1. The summed E-state index contributed by atoms with van der Waals surface area (Å²) in [5, 5.41) is 10.5. The van der Waals surface area contributed by atoms with Crippen LogP contribution in [-0.2, 0) is 0 Å². The van der Waals surface area contributed by atoms with Gasteiger partial charge in [-0.25, -0.2) is 4.79 Å². The van der Waals surface area contributed by atoms with Crippen molar-refractivity contribution in [1.29, 1.82) is 0 Å². The number of Topliss-reactive ketones (excluding diaryl/α,β-unsaturated/α-hetero) is 1. The number of ether oxygens (including phenoxy) is 1. The van der Waals surface area contributed by atoms with Crippen LogP contribution in [0.3, 0.4) is 0 Å². The molecule has 0 spiro atoms. The monoisotopic (exact) mass is 274 g/mol. The summed E-state index contributed by atoms with van der Waals surface area (Å²) < 4.78 is 5.02. The molecule has 0 saturated heterocycles. The van der Waals surface area contributed by atoms with Gasteiger partial charge in [-0.1, -0.05) is 0 Å². The van der Waals surface area contributed by atoms with Crippen molar-refractivity contribution in [2.24, 2.45) is 0 Å². The molecule has 0 atom stereocenters. The van der Waals surface area contributed by atoms with Gasteiger partial charge in [0.15, 0.2) is 5.78 Å². The molecule has 0 amide bonds. The highest BCUT2D eigenvalue weighted by atomic mass is 16.6. The van der Waals surface area contributed by atoms with Gasteiger partial charge >= 0.3 is 5.97 Å². The molecule has 1 heterocycles. The van der Waals surface area contributed by atoms with E-state index in [0.29, 0.717) is 5.56 Å². The maximum absolute atomic E-state index is 11.7. The van der Waals surface area contributed by atoms with Gasteiger partial charge in [-0.2, -0.15) is 0 Å². The minimum Gasteiger partial charge on any atom is -0.422 e. The first-order valence-corrected chi connectivity index (χ1v) is 5.63. The van der Waals surface area contributed by atoms with Crippen molar-refractivity contribution >= 4 is 17.4 Å². The molecule has 7 nitrogen and oxygen atoms in total. The van der Waals surface area contributed by atoms with E-state index in [4.69, 9.17) is 4.74 Å². The van der Waals surface area contributed by atoms with Crippen LogP contribution >= 0.6 is 0 Å². The van der Waals surface area contributed by atoms with Crippen LogP contribution in [0, 0.1) is 10.1 Å². The fourth-order valence-electron chi connectivity index (χ4n) is 1.53. The van der Waals surface area contributed by atoms with E-state index in [2.05, 4.69) is 4.98 Å². The highest BCUT2D eigenvalue weighted by molar-refractivity contribution is 5.94. The molecule has 0 saturated carbocycles. The number of carbonyl (C=O) groups excluding carboxylic acids is 2. The number of hydrogen-bond acceptors (Lipinski definition) is 5. The van der Waals surface area contributed by atoms with Crippen molar-refractivity contribution in [3.8, 4) is 5.75 Å². The fourth-order valence-corrected chi connectivity index (χ4v) is 1.53. The van der Waals surface area contributed by atoms with Crippen LogP contribution in [0.2, 0.25) is 0 Å². The Bertz CT molecular complexity index is 672.